The summed E-state index contributed by atoms with van der Waals surface area (Å²) in [5.74, 6) is 0.855. The summed E-state index contributed by atoms with van der Waals surface area (Å²) in [5.41, 5.74) is 19.3. The van der Waals surface area contributed by atoms with Gasteiger partial charge in [-0.05, 0) is 138 Å². The van der Waals surface area contributed by atoms with Crippen LogP contribution < -0.4 is 4.90 Å². The standard InChI is InChI=1S/C66H45NO/c1-3-16-49(17-4-1)59-22-10-12-24-62(59)63-25-13-11-23-60(63)51-33-40-58(41-34-51)67(56-36-29-47(30-37-56)53-28-27-46-15-7-8-20-52(46)43-53)57-38-31-48(32-39-57)54-35-42-61(50-18-5-2-6-19-50)64(44-54)66-45-55-21-9-14-26-65(55)68-66/h1-45H. The number of benzene rings is 11. The van der Waals surface area contributed by atoms with Crippen LogP contribution in [-0.4, -0.2) is 0 Å². The van der Waals surface area contributed by atoms with Crippen molar-refractivity contribution in [1.29, 1.82) is 0 Å². The molecule has 0 fully saturated rings. The van der Waals surface area contributed by atoms with Crippen LogP contribution in [0.2, 0.25) is 0 Å². The molecule has 0 unspecified atom stereocenters. The van der Waals surface area contributed by atoms with Crippen molar-refractivity contribution >= 4 is 38.8 Å². The molecule has 0 aliphatic carbocycles. The molecular weight excluding hydrogens is 823 g/mol. The highest BCUT2D eigenvalue weighted by molar-refractivity contribution is 5.94. The Hall–Kier alpha value is -8.98. The molecule has 2 nitrogen and oxygen atoms in total. The molecule has 2 heteroatoms. The van der Waals surface area contributed by atoms with Crippen molar-refractivity contribution in [3.8, 4) is 78.1 Å². The summed E-state index contributed by atoms with van der Waals surface area (Å²) in [6.45, 7) is 0. The molecule has 0 spiro atoms. The van der Waals surface area contributed by atoms with E-state index in [4.69, 9.17) is 4.42 Å². The van der Waals surface area contributed by atoms with Crippen LogP contribution in [0.15, 0.2) is 277 Å². The smallest absolute Gasteiger partial charge is 0.136 e. The molecule has 0 saturated carbocycles. The van der Waals surface area contributed by atoms with Crippen molar-refractivity contribution in [1.82, 2.24) is 0 Å². The predicted octanol–water partition coefficient (Wildman–Crippen LogP) is 18.7. The van der Waals surface area contributed by atoms with Crippen molar-refractivity contribution in [3.05, 3.63) is 273 Å². The number of rotatable bonds is 10. The maximum absolute atomic E-state index is 6.49. The van der Waals surface area contributed by atoms with Crippen LogP contribution in [0.3, 0.4) is 0 Å². The second-order valence-electron chi connectivity index (χ2n) is 17.3. The fourth-order valence-corrected chi connectivity index (χ4v) is 9.68. The first-order valence-corrected chi connectivity index (χ1v) is 23.2. The zero-order chi connectivity index (χ0) is 45.2. The summed E-state index contributed by atoms with van der Waals surface area (Å²) >= 11 is 0. The molecule has 0 amide bonds. The minimum absolute atomic E-state index is 0.855. The number of hydrogen-bond donors (Lipinski definition) is 0. The minimum atomic E-state index is 0.855. The number of fused-ring (bicyclic) bond motifs is 2. The molecule has 68 heavy (non-hydrogen) atoms. The summed E-state index contributed by atoms with van der Waals surface area (Å²) < 4.78 is 6.49. The summed E-state index contributed by atoms with van der Waals surface area (Å²) in [4.78, 5) is 2.35. The van der Waals surface area contributed by atoms with Crippen LogP contribution in [0.1, 0.15) is 0 Å². The molecule has 0 saturated heterocycles. The molecule has 0 atom stereocenters. The lowest BCUT2D eigenvalue weighted by Crippen LogP contribution is -2.09. The molecule has 1 heterocycles. The first kappa shape index (κ1) is 40.5. The monoisotopic (exact) mass is 867 g/mol. The predicted molar refractivity (Wildman–Crippen MR) is 286 cm³/mol. The lowest BCUT2D eigenvalue weighted by Gasteiger charge is -2.26. The van der Waals surface area contributed by atoms with Gasteiger partial charge in [-0.25, -0.2) is 0 Å². The summed E-state index contributed by atoms with van der Waals surface area (Å²) in [7, 11) is 0. The van der Waals surface area contributed by atoms with E-state index in [1.165, 1.54) is 49.7 Å². The normalized spacial score (nSPS) is 11.2. The highest BCUT2D eigenvalue weighted by atomic mass is 16.3. The van der Waals surface area contributed by atoms with Gasteiger partial charge in [0.05, 0.1) is 0 Å². The number of para-hydroxylation sites is 1. The van der Waals surface area contributed by atoms with Crippen molar-refractivity contribution in [3.63, 3.8) is 0 Å². The Morgan fingerprint density at radius 1 is 0.221 bits per heavy atom. The molecule has 1 aromatic heterocycles. The van der Waals surface area contributed by atoms with Gasteiger partial charge in [0.1, 0.15) is 11.3 Å². The Bertz CT molecular complexity index is 3670. The van der Waals surface area contributed by atoms with Gasteiger partial charge in [-0.3, -0.25) is 0 Å². The van der Waals surface area contributed by atoms with E-state index in [1.807, 2.05) is 12.1 Å². The van der Waals surface area contributed by atoms with E-state index < -0.39 is 0 Å². The number of hydrogen-bond acceptors (Lipinski definition) is 2. The Morgan fingerprint density at radius 2 is 0.618 bits per heavy atom. The maximum atomic E-state index is 6.49. The number of nitrogens with zero attached hydrogens (tertiary/aromatic N) is 1. The van der Waals surface area contributed by atoms with Crippen LogP contribution in [0.5, 0.6) is 0 Å². The van der Waals surface area contributed by atoms with Gasteiger partial charge in [-0.15, -0.1) is 0 Å². The van der Waals surface area contributed by atoms with E-state index in [1.54, 1.807) is 0 Å². The SMILES string of the molecule is c1ccc(-c2ccc(-c3ccc(N(c4ccc(-c5ccc6ccccc6c5)cc4)c4ccc(-c5ccccc5-c5ccccc5-c5ccccc5)cc4)cc3)cc2-c2cc3ccccc3o2)cc1. The third-order valence-electron chi connectivity index (χ3n) is 13.1. The second-order valence-corrected chi connectivity index (χ2v) is 17.3. The summed E-state index contributed by atoms with van der Waals surface area (Å²) in [6.07, 6.45) is 0. The van der Waals surface area contributed by atoms with Gasteiger partial charge >= 0.3 is 0 Å². The molecule has 320 valence electrons. The van der Waals surface area contributed by atoms with Crippen molar-refractivity contribution in [2.24, 2.45) is 0 Å². The second kappa shape index (κ2) is 17.8. The van der Waals surface area contributed by atoms with Crippen LogP contribution in [0.4, 0.5) is 17.1 Å². The Morgan fingerprint density at radius 3 is 1.18 bits per heavy atom. The zero-order valence-corrected chi connectivity index (χ0v) is 37.3. The summed E-state index contributed by atoms with van der Waals surface area (Å²) in [6, 6.07) is 98.0. The maximum Gasteiger partial charge on any atom is 0.136 e. The highest BCUT2D eigenvalue weighted by Gasteiger charge is 2.18. The van der Waals surface area contributed by atoms with Crippen LogP contribution in [0.25, 0.3) is 99.8 Å². The molecule has 12 aromatic rings. The molecule has 0 bridgehead atoms. The Balaban J connectivity index is 0.926. The third-order valence-corrected chi connectivity index (χ3v) is 13.1. The molecule has 0 aliphatic heterocycles. The van der Waals surface area contributed by atoms with Crippen LogP contribution in [-0.2, 0) is 0 Å². The van der Waals surface area contributed by atoms with Gasteiger partial charge in [-0.2, -0.15) is 0 Å². The molecule has 0 radical (unpaired) electrons. The Kier molecular flexibility index (Phi) is 10.6. The fraction of sp³-hybridized carbons (Fsp3) is 0. The van der Waals surface area contributed by atoms with E-state index in [9.17, 15) is 0 Å². The van der Waals surface area contributed by atoms with E-state index in [2.05, 4.69) is 266 Å². The van der Waals surface area contributed by atoms with E-state index >= 15 is 0 Å². The van der Waals surface area contributed by atoms with Crippen molar-refractivity contribution in [2.45, 2.75) is 0 Å². The fourth-order valence-electron chi connectivity index (χ4n) is 9.68. The molecular formula is C66H45NO. The van der Waals surface area contributed by atoms with E-state index in [0.29, 0.717) is 0 Å². The molecule has 0 N–H and O–H groups in total. The topological polar surface area (TPSA) is 16.4 Å². The zero-order valence-electron chi connectivity index (χ0n) is 37.3. The molecule has 12 rings (SSSR count). The van der Waals surface area contributed by atoms with Crippen LogP contribution in [0, 0.1) is 0 Å². The average molecular weight is 868 g/mol. The Labute approximate surface area is 397 Å². The van der Waals surface area contributed by atoms with Gasteiger partial charge in [0.2, 0.25) is 0 Å². The quantitative estimate of drug-likeness (QED) is 0.136. The third kappa shape index (κ3) is 7.85. The lowest BCUT2D eigenvalue weighted by atomic mass is 9.89. The lowest BCUT2D eigenvalue weighted by molar-refractivity contribution is 0.632. The number of furan rings is 1. The van der Waals surface area contributed by atoms with Gasteiger partial charge in [-0.1, -0.05) is 212 Å². The van der Waals surface area contributed by atoms with Crippen LogP contribution >= 0.6 is 0 Å². The van der Waals surface area contributed by atoms with Gasteiger partial charge in [0.25, 0.3) is 0 Å². The number of anilines is 3. The van der Waals surface area contributed by atoms with Gasteiger partial charge in [0, 0.05) is 28.0 Å². The highest BCUT2D eigenvalue weighted by Crippen LogP contribution is 2.43. The first-order valence-electron chi connectivity index (χ1n) is 23.2. The van der Waals surface area contributed by atoms with E-state index in [0.717, 1.165) is 67.2 Å². The van der Waals surface area contributed by atoms with E-state index in [-0.39, 0.29) is 0 Å². The molecule has 0 aliphatic rings. The van der Waals surface area contributed by atoms with Gasteiger partial charge < -0.3 is 9.32 Å². The molecule has 11 aromatic carbocycles. The average Bonchev–Trinajstić information content (AvgIpc) is 3.86. The first-order chi connectivity index (χ1) is 33.7. The van der Waals surface area contributed by atoms with Crippen molar-refractivity contribution in [2.75, 3.05) is 4.90 Å². The largest absolute Gasteiger partial charge is 0.456 e. The minimum Gasteiger partial charge on any atom is -0.456 e. The van der Waals surface area contributed by atoms with Crippen molar-refractivity contribution < 1.29 is 4.42 Å². The summed E-state index contributed by atoms with van der Waals surface area (Å²) in [5, 5.41) is 3.57. The van der Waals surface area contributed by atoms with Gasteiger partial charge in [0.15, 0.2) is 0 Å².